The summed E-state index contributed by atoms with van der Waals surface area (Å²) < 4.78 is 10.5. The van der Waals surface area contributed by atoms with Crippen molar-refractivity contribution in [1.82, 2.24) is 0 Å². The molecular formula is C18H21NO3. The number of amides is 1. The molecule has 0 bridgehead atoms. The molecule has 2 aromatic carbocycles. The Morgan fingerprint density at radius 3 is 2.14 bits per heavy atom. The molecule has 0 aliphatic carbocycles. The number of anilines is 1. The molecule has 0 radical (unpaired) electrons. The van der Waals surface area contributed by atoms with E-state index in [1.165, 1.54) is 0 Å². The summed E-state index contributed by atoms with van der Waals surface area (Å²) >= 11 is 0. The smallest absolute Gasteiger partial charge is 0.255 e. The van der Waals surface area contributed by atoms with Gasteiger partial charge in [-0.15, -0.1) is 0 Å². The van der Waals surface area contributed by atoms with Gasteiger partial charge in [0.25, 0.3) is 5.91 Å². The van der Waals surface area contributed by atoms with E-state index in [4.69, 9.17) is 9.47 Å². The third-order valence-corrected chi connectivity index (χ3v) is 3.61. The second-order valence-corrected chi connectivity index (χ2v) is 5.29. The topological polar surface area (TPSA) is 47.6 Å². The van der Waals surface area contributed by atoms with E-state index in [9.17, 15) is 4.79 Å². The predicted octanol–water partition coefficient (Wildman–Crippen LogP) is 3.88. The summed E-state index contributed by atoms with van der Waals surface area (Å²) in [6.07, 6.45) is 0. The average Bonchev–Trinajstić information content (AvgIpc) is 2.48. The summed E-state index contributed by atoms with van der Waals surface area (Å²) in [5.41, 5.74) is 4.38. The second-order valence-electron chi connectivity index (χ2n) is 5.29. The zero-order chi connectivity index (χ0) is 16.3. The summed E-state index contributed by atoms with van der Waals surface area (Å²) in [7, 11) is 3.16. The molecule has 0 fully saturated rings. The largest absolute Gasteiger partial charge is 0.493 e. The standard InChI is InChI=1S/C18H21NO3/c1-11-6-7-14(12(2)8-11)18(20)19-15-10-17(22-5)16(21-4)9-13(15)3/h6-10H,1-5H3,(H,19,20). The van der Waals surface area contributed by atoms with Gasteiger partial charge in [-0.1, -0.05) is 17.7 Å². The monoisotopic (exact) mass is 299 g/mol. The van der Waals surface area contributed by atoms with Crippen molar-refractivity contribution in [2.75, 3.05) is 19.5 Å². The number of aryl methyl sites for hydroxylation is 3. The lowest BCUT2D eigenvalue weighted by molar-refractivity contribution is 0.102. The molecule has 4 nitrogen and oxygen atoms in total. The molecule has 0 saturated carbocycles. The van der Waals surface area contributed by atoms with Crippen molar-refractivity contribution >= 4 is 11.6 Å². The van der Waals surface area contributed by atoms with E-state index in [2.05, 4.69) is 5.32 Å². The third kappa shape index (κ3) is 3.22. The van der Waals surface area contributed by atoms with Crippen LogP contribution in [0.5, 0.6) is 11.5 Å². The molecule has 0 aliphatic heterocycles. The highest BCUT2D eigenvalue weighted by Crippen LogP contribution is 2.33. The Morgan fingerprint density at radius 1 is 0.909 bits per heavy atom. The lowest BCUT2D eigenvalue weighted by atomic mass is 10.0. The molecular weight excluding hydrogens is 278 g/mol. The van der Waals surface area contributed by atoms with Gasteiger partial charge in [0.15, 0.2) is 11.5 Å². The highest BCUT2D eigenvalue weighted by atomic mass is 16.5. The minimum absolute atomic E-state index is 0.132. The second kappa shape index (κ2) is 6.52. The van der Waals surface area contributed by atoms with Gasteiger partial charge >= 0.3 is 0 Å². The van der Waals surface area contributed by atoms with Gasteiger partial charge in [0.05, 0.1) is 14.2 Å². The van der Waals surface area contributed by atoms with Gasteiger partial charge in [0, 0.05) is 17.3 Å². The molecule has 2 rings (SSSR count). The summed E-state index contributed by atoms with van der Waals surface area (Å²) in [5, 5.41) is 2.94. The molecule has 2 aromatic rings. The zero-order valence-corrected chi connectivity index (χ0v) is 13.6. The first-order valence-corrected chi connectivity index (χ1v) is 7.07. The van der Waals surface area contributed by atoms with Crippen molar-refractivity contribution in [2.45, 2.75) is 20.8 Å². The molecule has 116 valence electrons. The van der Waals surface area contributed by atoms with Crippen molar-refractivity contribution in [2.24, 2.45) is 0 Å². The Labute approximate surface area is 131 Å². The van der Waals surface area contributed by atoms with Crippen LogP contribution in [0.3, 0.4) is 0 Å². The molecule has 4 heteroatoms. The van der Waals surface area contributed by atoms with Crippen LogP contribution in [0, 0.1) is 20.8 Å². The Kier molecular flexibility index (Phi) is 4.71. The van der Waals surface area contributed by atoms with Gasteiger partial charge < -0.3 is 14.8 Å². The minimum atomic E-state index is -0.132. The maximum absolute atomic E-state index is 12.5. The van der Waals surface area contributed by atoms with E-state index in [0.717, 1.165) is 16.7 Å². The Morgan fingerprint density at radius 2 is 1.55 bits per heavy atom. The number of rotatable bonds is 4. The molecule has 0 spiro atoms. The lowest BCUT2D eigenvalue weighted by Crippen LogP contribution is -2.14. The average molecular weight is 299 g/mol. The SMILES string of the molecule is COc1cc(C)c(NC(=O)c2ccc(C)cc2C)cc1OC. The van der Waals surface area contributed by atoms with Gasteiger partial charge in [-0.25, -0.2) is 0 Å². The van der Waals surface area contributed by atoms with E-state index < -0.39 is 0 Å². The van der Waals surface area contributed by atoms with Crippen LogP contribution < -0.4 is 14.8 Å². The third-order valence-electron chi connectivity index (χ3n) is 3.61. The summed E-state index contributed by atoms with van der Waals surface area (Å²) in [6, 6.07) is 9.39. The maximum atomic E-state index is 12.5. The first-order chi connectivity index (χ1) is 10.5. The van der Waals surface area contributed by atoms with E-state index >= 15 is 0 Å². The van der Waals surface area contributed by atoms with Crippen molar-refractivity contribution < 1.29 is 14.3 Å². The molecule has 0 saturated heterocycles. The molecule has 0 atom stereocenters. The van der Waals surface area contributed by atoms with Crippen LogP contribution in [0.2, 0.25) is 0 Å². The van der Waals surface area contributed by atoms with Gasteiger partial charge in [-0.3, -0.25) is 4.79 Å². The lowest BCUT2D eigenvalue weighted by Gasteiger charge is -2.14. The van der Waals surface area contributed by atoms with Crippen LogP contribution in [0.1, 0.15) is 27.0 Å². The molecule has 0 unspecified atom stereocenters. The van der Waals surface area contributed by atoms with Crippen molar-refractivity contribution in [1.29, 1.82) is 0 Å². The number of benzene rings is 2. The van der Waals surface area contributed by atoms with Crippen LogP contribution in [-0.4, -0.2) is 20.1 Å². The quantitative estimate of drug-likeness (QED) is 0.932. The van der Waals surface area contributed by atoms with E-state index in [1.54, 1.807) is 20.3 Å². The van der Waals surface area contributed by atoms with Crippen molar-refractivity contribution in [3.63, 3.8) is 0 Å². The molecule has 1 N–H and O–H groups in total. The molecule has 0 heterocycles. The number of methoxy groups -OCH3 is 2. The van der Waals surface area contributed by atoms with E-state index in [-0.39, 0.29) is 5.91 Å². The fraction of sp³-hybridized carbons (Fsp3) is 0.278. The number of hydrogen-bond acceptors (Lipinski definition) is 3. The Hall–Kier alpha value is -2.49. The normalized spacial score (nSPS) is 10.2. The number of hydrogen-bond donors (Lipinski definition) is 1. The van der Waals surface area contributed by atoms with Crippen LogP contribution in [0.25, 0.3) is 0 Å². The van der Waals surface area contributed by atoms with Gasteiger partial charge in [0.1, 0.15) is 0 Å². The summed E-state index contributed by atoms with van der Waals surface area (Å²) in [5.74, 6) is 1.10. The molecule has 1 amide bonds. The van der Waals surface area contributed by atoms with Crippen LogP contribution in [0.4, 0.5) is 5.69 Å². The van der Waals surface area contributed by atoms with Crippen LogP contribution in [0.15, 0.2) is 30.3 Å². The maximum Gasteiger partial charge on any atom is 0.255 e. The molecule has 0 aromatic heterocycles. The first kappa shape index (κ1) is 15.9. The number of carbonyl (C=O) groups is 1. The van der Waals surface area contributed by atoms with Gasteiger partial charge in [0.2, 0.25) is 0 Å². The minimum Gasteiger partial charge on any atom is -0.493 e. The fourth-order valence-corrected chi connectivity index (χ4v) is 2.37. The number of carbonyl (C=O) groups excluding carboxylic acids is 1. The number of ether oxygens (including phenoxy) is 2. The van der Waals surface area contributed by atoms with E-state index in [0.29, 0.717) is 22.7 Å². The predicted molar refractivity (Wildman–Crippen MR) is 88.2 cm³/mol. The highest BCUT2D eigenvalue weighted by molar-refractivity contribution is 6.05. The van der Waals surface area contributed by atoms with Gasteiger partial charge in [-0.2, -0.15) is 0 Å². The Balaban J connectivity index is 2.32. The van der Waals surface area contributed by atoms with E-state index in [1.807, 2.05) is 45.0 Å². The number of nitrogens with one attached hydrogen (secondary N) is 1. The highest BCUT2D eigenvalue weighted by Gasteiger charge is 2.13. The summed E-state index contributed by atoms with van der Waals surface area (Å²) in [6.45, 7) is 5.86. The zero-order valence-electron chi connectivity index (χ0n) is 13.6. The summed E-state index contributed by atoms with van der Waals surface area (Å²) in [4.78, 5) is 12.5. The van der Waals surface area contributed by atoms with Gasteiger partial charge in [-0.05, 0) is 44.0 Å². The molecule has 22 heavy (non-hydrogen) atoms. The van der Waals surface area contributed by atoms with Crippen LogP contribution in [-0.2, 0) is 0 Å². The van der Waals surface area contributed by atoms with Crippen LogP contribution >= 0.6 is 0 Å². The fourth-order valence-electron chi connectivity index (χ4n) is 2.37. The van der Waals surface area contributed by atoms with Crippen molar-refractivity contribution in [3.05, 3.63) is 52.6 Å². The Bertz CT molecular complexity index is 708. The van der Waals surface area contributed by atoms with Crippen molar-refractivity contribution in [3.8, 4) is 11.5 Å². The first-order valence-electron chi connectivity index (χ1n) is 7.07. The molecule has 0 aliphatic rings.